The minimum Gasteiger partial charge on any atom is -0.494 e. The van der Waals surface area contributed by atoms with E-state index >= 15 is 0 Å². The molecule has 0 aromatic heterocycles. The summed E-state index contributed by atoms with van der Waals surface area (Å²) in [5.41, 5.74) is 0.912. The third-order valence-corrected chi connectivity index (χ3v) is 4.53. The van der Waals surface area contributed by atoms with Crippen LogP contribution >= 0.6 is 24.8 Å². The van der Waals surface area contributed by atoms with Gasteiger partial charge in [-0.15, -0.1) is 24.8 Å². The Balaban J connectivity index is 0.00000169. The van der Waals surface area contributed by atoms with E-state index in [0.717, 1.165) is 25.2 Å². The number of hydrogen-bond donors (Lipinski definition) is 1. The number of methoxy groups -OCH3 is 1. The molecule has 2 saturated heterocycles. The third kappa shape index (κ3) is 5.69. The van der Waals surface area contributed by atoms with E-state index in [2.05, 4.69) is 10.2 Å². The summed E-state index contributed by atoms with van der Waals surface area (Å²) in [6.45, 7) is 5.46. The molecule has 148 valence electrons. The minimum atomic E-state index is -0.341. The lowest BCUT2D eigenvalue weighted by Crippen LogP contribution is -2.57. The van der Waals surface area contributed by atoms with Crippen molar-refractivity contribution in [3.63, 3.8) is 0 Å². The number of halogens is 3. The lowest BCUT2D eigenvalue weighted by atomic mass is 10.1. The van der Waals surface area contributed by atoms with Crippen molar-refractivity contribution in [1.82, 2.24) is 15.1 Å². The fraction of sp³-hybridized carbons (Fsp3) is 0.588. The molecule has 3 rings (SSSR count). The van der Waals surface area contributed by atoms with E-state index in [0.29, 0.717) is 32.8 Å². The number of hydrogen-bond acceptors (Lipinski definition) is 5. The molecule has 9 heteroatoms. The Morgan fingerprint density at radius 2 is 2.04 bits per heavy atom. The molecule has 0 saturated carbocycles. The summed E-state index contributed by atoms with van der Waals surface area (Å²) in [5.74, 6) is 0.0356. The van der Waals surface area contributed by atoms with E-state index in [4.69, 9.17) is 9.47 Å². The van der Waals surface area contributed by atoms with Crippen LogP contribution in [0, 0.1) is 5.82 Å². The van der Waals surface area contributed by atoms with Gasteiger partial charge in [-0.2, -0.15) is 0 Å². The van der Waals surface area contributed by atoms with Crippen LogP contribution in [0.5, 0.6) is 5.75 Å². The molecule has 26 heavy (non-hydrogen) atoms. The number of nitrogens with one attached hydrogen (secondary N) is 1. The molecule has 0 spiro atoms. The van der Waals surface area contributed by atoms with Crippen molar-refractivity contribution in [2.45, 2.75) is 12.6 Å². The zero-order valence-corrected chi connectivity index (χ0v) is 16.4. The van der Waals surface area contributed by atoms with Crippen molar-refractivity contribution in [2.24, 2.45) is 0 Å². The van der Waals surface area contributed by atoms with E-state index in [1.807, 2.05) is 11.0 Å². The summed E-state index contributed by atoms with van der Waals surface area (Å²) in [5, 5.41) is 3.20. The molecule has 0 radical (unpaired) electrons. The van der Waals surface area contributed by atoms with Crippen LogP contribution in [0.1, 0.15) is 5.56 Å². The zero-order chi connectivity index (χ0) is 16.9. The summed E-state index contributed by atoms with van der Waals surface area (Å²) in [6.07, 6.45) is 0. The van der Waals surface area contributed by atoms with Gasteiger partial charge in [-0.25, -0.2) is 4.39 Å². The standard InChI is InChI=1S/C17H24FN3O3.2ClH/c1-23-16-3-2-13(10-14(16)18)11-20-5-7-21(8-6-20)17(22)15-12-24-9-4-19-15;;/h2-3,10,15,19H,4-9,11-12H2,1H3;2*1H. The van der Waals surface area contributed by atoms with Gasteiger partial charge in [0.25, 0.3) is 0 Å². The van der Waals surface area contributed by atoms with E-state index < -0.39 is 0 Å². The molecule has 1 unspecified atom stereocenters. The Morgan fingerprint density at radius 1 is 1.31 bits per heavy atom. The zero-order valence-electron chi connectivity index (χ0n) is 14.8. The lowest BCUT2D eigenvalue weighted by Gasteiger charge is -2.37. The van der Waals surface area contributed by atoms with Crippen molar-refractivity contribution >= 4 is 30.7 Å². The average molecular weight is 410 g/mol. The second-order valence-electron chi connectivity index (χ2n) is 6.15. The van der Waals surface area contributed by atoms with Gasteiger partial charge in [0.1, 0.15) is 6.04 Å². The van der Waals surface area contributed by atoms with Gasteiger partial charge >= 0.3 is 0 Å². The van der Waals surface area contributed by atoms with E-state index in [1.165, 1.54) is 13.2 Å². The highest BCUT2D eigenvalue weighted by Gasteiger charge is 2.28. The quantitative estimate of drug-likeness (QED) is 0.812. The van der Waals surface area contributed by atoms with Crippen molar-refractivity contribution in [1.29, 1.82) is 0 Å². The van der Waals surface area contributed by atoms with Crippen molar-refractivity contribution in [2.75, 3.05) is 53.0 Å². The van der Waals surface area contributed by atoms with Gasteiger partial charge in [0.15, 0.2) is 11.6 Å². The first kappa shape index (κ1) is 22.9. The number of rotatable bonds is 4. The largest absolute Gasteiger partial charge is 0.494 e. The number of piperazine rings is 1. The highest BCUT2D eigenvalue weighted by atomic mass is 35.5. The molecule has 2 aliphatic rings. The first-order valence-electron chi connectivity index (χ1n) is 8.32. The van der Waals surface area contributed by atoms with E-state index in [1.54, 1.807) is 6.07 Å². The van der Waals surface area contributed by atoms with Crippen LogP contribution in [0.15, 0.2) is 18.2 Å². The van der Waals surface area contributed by atoms with Crippen LogP contribution in [0.4, 0.5) is 4.39 Å². The van der Waals surface area contributed by atoms with Crippen LogP contribution in [-0.2, 0) is 16.1 Å². The predicted molar refractivity (Wildman–Crippen MR) is 102 cm³/mol. The number of benzene rings is 1. The normalized spacial score (nSPS) is 20.7. The second-order valence-corrected chi connectivity index (χ2v) is 6.15. The Bertz CT molecular complexity index is 580. The number of carbonyl (C=O) groups is 1. The molecule has 0 bridgehead atoms. The predicted octanol–water partition coefficient (Wildman–Crippen LogP) is 1.31. The third-order valence-electron chi connectivity index (χ3n) is 4.53. The number of nitrogens with zero attached hydrogens (tertiary/aromatic N) is 2. The fourth-order valence-electron chi connectivity index (χ4n) is 3.14. The highest BCUT2D eigenvalue weighted by Crippen LogP contribution is 2.19. The summed E-state index contributed by atoms with van der Waals surface area (Å²) in [7, 11) is 1.46. The average Bonchev–Trinajstić information content (AvgIpc) is 2.63. The monoisotopic (exact) mass is 409 g/mol. The van der Waals surface area contributed by atoms with E-state index in [-0.39, 0.29) is 48.3 Å². The molecular formula is C17H26Cl2FN3O3. The molecular weight excluding hydrogens is 384 g/mol. The molecule has 2 heterocycles. The first-order valence-corrected chi connectivity index (χ1v) is 8.32. The maximum atomic E-state index is 13.8. The molecule has 2 aliphatic heterocycles. The Kier molecular flexibility index (Phi) is 9.60. The van der Waals surface area contributed by atoms with Crippen LogP contribution in [0.25, 0.3) is 0 Å². The Labute approximate surface area is 165 Å². The van der Waals surface area contributed by atoms with Gasteiger partial charge < -0.3 is 19.7 Å². The smallest absolute Gasteiger partial charge is 0.242 e. The van der Waals surface area contributed by atoms with Gasteiger partial charge in [-0.05, 0) is 17.7 Å². The summed E-state index contributed by atoms with van der Waals surface area (Å²) in [6, 6.07) is 4.82. The van der Waals surface area contributed by atoms with Gasteiger partial charge in [-0.1, -0.05) is 6.07 Å². The second kappa shape index (κ2) is 10.9. The molecule has 1 aromatic carbocycles. The topological polar surface area (TPSA) is 54.0 Å². The first-order chi connectivity index (χ1) is 11.7. The number of ether oxygens (including phenoxy) is 2. The summed E-state index contributed by atoms with van der Waals surface area (Å²) >= 11 is 0. The molecule has 1 N–H and O–H groups in total. The maximum absolute atomic E-state index is 13.8. The molecule has 6 nitrogen and oxygen atoms in total. The van der Waals surface area contributed by atoms with Crippen molar-refractivity contribution < 1.29 is 18.7 Å². The van der Waals surface area contributed by atoms with Crippen LogP contribution < -0.4 is 10.1 Å². The van der Waals surface area contributed by atoms with Gasteiger partial charge in [0.2, 0.25) is 5.91 Å². The maximum Gasteiger partial charge on any atom is 0.242 e. The summed E-state index contributed by atoms with van der Waals surface area (Å²) < 4.78 is 24.1. The highest BCUT2D eigenvalue weighted by molar-refractivity contribution is 5.85. The van der Waals surface area contributed by atoms with Crippen molar-refractivity contribution in [3.05, 3.63) is 29.6 Å². The molecule has 1 atom stereocenters. The lowest BCUT2D eigenvalue weighted by molar-refractivity contribution is -0.138. The minimum absolute atomic E-state index is 0. The van der Waals surface area contributed by atoms with Crippen molar-refractivity contribution in [3.8, 4) is 5.75 Å². The number of carbonyl (C=O) groups excluding carboxylic acids is 1. The number of amides is 1. The molecule has 1 aromatic rings. The summed E-state index contributed by atoms with van der Waals surface area (Å²) in [4.78, 5) is 16.6. The Morgan fingerprint density at radius 3 is 2.62 bits per heavy atom. The van der Waals surface area contributed by atoms with Gasteiger partial charge in [-0.3, -0.25) is 9.69 Å². The van der Waals surface area contributed by atoms with E-state index in [9.17, 15) is 9.18 Å². The number of morpholine rings is 1. The van der Waals surface area contributed by atoms with Gasteiger partial charge in [0, 0.05) is 39.3 Å². The van der Waals surface area contributed by atoms with Crippen LogP contribution in [0.2, 0.25) is 0 Å². The SMILES string of the molecule is COc1ccc(CN2CCN(C(=O)C3COCCN3)CC2)cc1F.Cl.Cl. The van der Waals surface area contributed by atoms with Crippen LogP contribution in [0.3, 0.4) is 0 Å². The Hall–Kier alpha value is -1.12. The molecule has 0 aliphatic carbocycles. The van der Waals surface area contributed by atoms with Gasteiger partial charge in [0.05, 0.1) is 20.3 Å². The molecule has 1 amide bonds. The fourth-order valence-corrected chi connectivity index (χ4v) is 3.14. The van der Waals surface area contributed by atoms with Crippen LogP contribution in [-0.4, -0.2) is 74.8 Å². The molecule has 2 fully saturated rings.